The third kappa shape index (κ3) is 6.83. The molecule has 3 rings (SSSR count). The summed E-state index contributed by atoms with van der Waals surface area (Å²) in [6, 6.07) is 21.8. The summed E-state index contributed by atoms with van der Waals surface area (Å²) in [5.41, 5.74) is 8.85. The van der Waals surface area contributed by atoms with Gasteiger partial charge in [-0.3, -0.25) is 4.99 Å². The maximum atomic E-state index is 6.58. The second kappa shape index (κ2) is 12.5. The Labute approximate surface area is 215 Å². The van der Waals surface area contributed by atoms with Crippen LogP contribution >= 0.6 is 8.58 Å². The number of hydrogen-bond acceptors (Lipinski definition) is 2. The van der Waals surface area contributed by atoms with E-state index in [1.54, 1.807) is 0 Å². The highest BCUT2D eigenvalue weighted by molar-refractivity contribution is 7.49. The van der Waals surface area contributed by atoms with Gasteiger partial charge < -0.3 is 4.74 Å². The monoisotopic (exact) mass is 487 g/mol. The molecule has 0 saturated heterocycles. The lowest BCUT2D eigenvalue weighted by Crippen LogP contribution is -2.24. The van der Waals surface area contributed by atoms with Gasteiger partial charge in [-0.05, 0) is 62.5 Å². The molecule has 0 amide bonds. The normalized spacial score (nSPS) is 13.9. The van der Waals surface area contributed by atoms with Crippen LogP contribution in [-0.4, -0.2) is 12.3 Å². The highest BCUT2D eigenvalue weighted by atomic mass is 31.1. The van der Waals surface area contributed by atoms with Crippen molar-refractivity contribution in [3.8, 4) is 5.75 Å². The van der Waals surface area contributed by atoms with Gasteiger partial charge in [0.05, 0.1) is 0 Å². The Kier molecular flexibility index (Phi) is 9.70. The van der Waals surface area contributed by atoms with E-state index in [1.165, 1.54) is 38.7 Å². The van der Waals surface area contributed by atoms with Crippen LogP contribution in [0.25, 0.3) is 0 Å². The van der Waals surface area contributed by atoms with Crippen LogP contribution in [0.15, 0.2) is 65.7 Å². The summed E-state index contributed by atoms with van der Waals surface area (Å²) in [7, 11) is 0.628. The van der Waals surface area contributed by atoms with Gasteiger partial charge in [0.2, 0.25) is 0 Å². The molecule has 0 heterocycles. The van der Waals surface area contributed by atoms with Gasteiger partial charge in [0, 0.05) is 28.5 Å². The lowest BCUT2D eigenvalue weighted by Gasteiger charge is -2.34. The van der Waals surface area contributed by atoms with Gasteiger partial charge >= 0.3 is 0 Å². The maximum Gasteiger partial charge on any atom is 0.126 e. The SMILES string of the molecule is CCCN=C(C)c1cccc(C)c1PC(C)(CCC)c1cc(C)cc(C)c1OCc1ccccc1. The minimum Gasteiger partial charge on any atom is -0.488 e. The third-order valence-corrected chi connectivity index (χ3v) is 8.61. The van der Waals surface area contributed by atoms with E-state index >= 15 is 0 Å². The van der Waals surface area contributed by atoms with Crippen molar-refractivity contribution in [3.63, 3.8) is 0 Å². The minimum absolute atomic E-state index is 0.0244. The zero-order valence-corrected chi connectivity index (χ0v) is 23.7. The summed E-state index contributed by atoms with van der Waals surface area (Å²) in [6.45, 7) is 17.2. The average molecular weight is 488 g/mol. The van der Waals surface area contributed by atoms with Gasteiger partial charge in [0.1, 0.15) is 12.4 Å². The molecule has 0 aliphatic heterocycles. The summed E-state index contributed by atoms with van der Waals surface area (Å²) >= 11 is 0. The van der Waals surface area contributed by atoms with Crippen molar-refractivity contribution in [3.05, 3.63) is 94.0 Å². The molecule has 0 fully saturated rings. The Bertz CT molecular complexity index is 1150. The predicted octanol–water partition coefficient (Wildman–Crippen LogP) is 8.43. The van der Waals surface area contributed by atoms with Crippen LogP contribution in [0.3, 0.4) is 0 Å². The van der Waals surface area contributed by atoms with Crippen molar-refractivity contribution in [2.45, 2.75) is 79.5 Å². The smallest absolute Gasteiger partial charge is 0.126 e. The Morgan fingerprint density at radius 3 is 2.34 bits per heavy atom. The third-order valence-electron chi connectivity index (χ3n) is 6.63. The van der Waals surface area contributed by atoms with Crippen molar-refractivity contribution >= 4 is 19.6 Å². The lowest BCUT2D eigenvalue weighted by molar-refractivity contribution is 0.297. The molecule has 0 radical (unpaired) electrons. The van der Waals surface area contributed by atoms with Crippen LogP contribution in [0.2, 0.25) is 0 Å². The molecule has 0 aromatic heterocycles. The minimum atomic E-state index is -0.0244. The van der Waals surface area contributed by atoms with E-state index in [4.69, 9.17) is 9.73 Å². The van der Waals surface area contributed by atoms with Crippen molar-refractivity contribution in [1.29, 1.82) is 0 Å². The molecule has 0 saturated carbocycles. The zero-order valence-electron chi connectivity index (χ0n) is 22.7. The molecular weight excluding hydrogens is 445 g/mol. The fourth-order valence-electron chi connectivity index (χ4n) is 4.83. The molecule has 2 nitrogen and oxygen atoms in total. The Morgan fingerprint density at radius 1 is 0.914 bits per heavy atom. The molecule has 35 heavy (non-hydrogen) atoms. The number of hydrogen-bond donors (Lipinski definition) is 0. The Balaban J connectivity index is 2.08. The Morgan fingerprint density at radius 2 is 1.66 bits per heavy atom. The van der Waals surface area contributed by atoms with Crippen LogP contribution in [0.5, 0.6) is 5.75 Å². The Hall–Kier alpha value is -2.44. The molecule has 3 aromatic carbocycles. The maximum absolute atomic E-state index is 6.58. The molecule has 2 atom stereocenters. The summed E-state index contributed by atoms with van der Waals surface area (Å²) < 4.78 is 6.58. The van der Waals surface area contributed by atoms with Gasteiger partial charge in [0.15, 0.2) is 0 Å². The van der Waals surface area contributed by atoms with Crippen LogP contribution in [0.1, 0.15) is 80.3 Å². The molecular formula is C32H42NOP. The molecule has 3 aromatic rings. The molecule has 0 aliphatic carbocycles. The van der Waals surface area contributed by atoms with Crippen molar-refractivity contribution in [2.24, 2.45) is 4.99 Å². The van der Waals surface area contributed by atoms with Crippen LogP contribution in [0, 0.1) is 20.8 Å². The van der Waals surface area contributed by atoms with Gasteiger partial charge in [-0.1, -0.05) is 102 Å². The van der Waals surface area contributed by atoms with Crippen LogP contribution in [0.4, 0.5) is 0 Å². The van der Waals surface area contributed by atoms with Crippen molar-refractivity contribution < 1.29 is 4.74 Å². The number of benzene rings is 3. The van der Waals surface area contributed by atoms with E-state index in [0.717, 1.165) is 37.3 Å². The van der Waals surface area contributed by atoms with E-state index in [0.29, 0.717) is 15.2 Å². The fraction of sp³-hybridized carbons (Fsp3) is 0.406. The molecule has 186 valence electrons. The average Bonchev–Trinajstić information content (AvgIpc) is 2.83. The molecule has 0 aliphatic rings. The number of nitrogens with zero attached hydrogens (tertiary/aromatic N) is 1. The number of aryl methyl sites for hydroxylation is 3. The quantitative estimate of drug-likeness (QED) is 0.196. The summed E-state index contributed by atoms with van der Waals surface area (Å²) in [6.07, 6.45) is 3.30. The highest BCUT2D eigenvalue weighted by Crippen LogP contribution is 2.50. The van der Waals surface area contributed by atoms with E-state index in [2.05, 4.69) is 109 Å². The number of ether oxygens (including phenoxy) is 1. The van der Waals surface area contributed by atoms with E-state index in [9.17, 15) is 0 Å². The summed E-state index contributed by atoms with van der Waals surface area (Å²) in [5.74, 6) is 1.05. The second-order valence-electron chi connectivity index (χ2n) is 9.90. The van der Waals surface area contributed by atoms with Crippen LogP contribution < -0.4 is 10.0 Å². The molecule has 0 bridgehead atoms. The topological polar surface area (TPSA) is 21.6 Å². The highest BCUT2D eigenvalue weighted by Gasteiger charge is 2.32. The van der Waals surface area contributed by atoms with E-state index in [1.807, 2.05) is 0 Å². The van der Waals surface area contributed by atoms with Crippen LogP contribution in [-0.2, 0) is 11.8 Å². The van der Waals surface area contributed by atoms with E-state index in [-0.39, 0.29) is 5.16 Å². The van der Waals surface area contributed by atoms with Crippen molar-refractivity contribution in [2.75, 3.05) is 6.54 Å². The van der Waals surface area contributed by atoms with Gasteiger partial charge in [-0.15, -0.1) is 0 Å². The standard InChI is InChI=1S/C32H42NOP/c1-8-18-32(7,35-31-24(4)14-13-17-28(31)26(6)33-19-9-2)29-21-23(3)20-25(5)30(29)34-22-27-15-11-10-12-16-27/h10-17,20-21,35H,8-9,18-19,22H2,1-7H3. The van der Waals surface area contributed by atoms with Gasteiger partial charge in [-0.25, -0.2) is 0 Å². The van der Waals surface area contributed by atoms with Gasteiger partial charge in [0.25, 0.3) is 0 Å². The molecule has 0 spiro atoms. The number of aliphatic imine (C=N–C) groups is 1. The van der Waals surface area contributed by atoms with E-state index < -0.39 is 0 Å². The largest absolute Gasteiger partial charge is 0.488 e. The summed E-state index contributed by atoms with van der Waals surface area (Å²) in [4.78, 5) is 4.87. The molecule has 0 N–H and O–H groups in total. The fourth-order valence-corrected chi connectivity index (χ4v) is 6.75. The molecule has 2 unspecified atom stereocenters. The zero-order chi connectivity index (χ0) is 25.4. The molecule has 3 heteroatoms. The first kappa shape index (κ1) is 27.2. The van der Waals surface area contributed by atoms with Gasteiger partial charge in [-0.2, -0.15) is 0 Å². The lowest BCUT2D eigenvalue weighted by atomic mass is 9.91. The predicted molar refractivity (Wildman–Crippen MR) is 155 cm³/mol. The first-order valence-electron chi connectivity index (χ1n) is 13.0. The number of rotatable bonds is 11. The van der Waals surface area contributed by atoms with Crippen molar-refractivity contribution in [1.82, 2.24) is 0 Å². The summed E-state index contributed by atoms with van der Waals surface area (Å²) in [5, 5.41) is 1.41. The second-order valence-corrected chi connectivity index (χ2v) is 11.8. The first-order chi connectivity index (χ1) is 16.8. The first-order valence-corrected chi connectivity index (χ1v) is 14.0.